The van der Waals surface area contributed by atoms with Crippen molar-refractivity contribution >= 4 is 17.3 Å². The summed E-state index contributed by atoms with van der Waals surface area (Å²) >= 11 is 0. The van der Waals surface area contributed by atoms with Gasteiger partial charge in [-0.15, -0.1) is 0 Å². The largest absolute Gasteiger partial charge is 0.508 e. The first-order valence-electron chi connectivity index (χ1n) is 8.72. The zero-order chi connectivity index (χ0) is 19.3. The van der Waals surface area contributed by atoms with Crippen LogP contribution < -0.4 is 19.7 Å². The van der Waals surface area contributed by atoms with Gasteiger partial charge >= 0.3 is 0 Å². The number of benzene rings is 3. The van der Waals surface area contributed by atoms with Gasteiger partial charge in [0.05, 0.1) is 11.3 Å². The van der Waals surface area contributed by atoms with Gasteiger partial charge in [0, 0.05) is 23.4 Å². The van der Waals surface area contributed by atoms with Gasteiger partial charge in [-0.1, -0.05) is 12.1 Å². The molecular weight excluding hydrogens is 360 g/mol. The van der Waals surface area contributed by atoms with Crippen LogP contribution in [0.15, 0.2) is 60.7 Å². The smallest absolute Gasteiger partial charge is 0.262 e. The van der Waals surface area contributed by atoms with E-state index in [1.165, 1.54) is 12.1 Å². The number of phenols is 2. The summed E-state index contributed by atoms with van der Waals surface area (Å²) in [6.45, 7) is 0.135. The molecule has 2 aliphatic rings. The van der Waals surface area contributed by atoms with Crippen molar-refractivity contribution in [2.75, 3.05) is 17.0 Å². The van der Waals surface area contributed by atoms with E-state index in [0.29, 0.717) is 34.0 Å². The van der Waals surface area contributed by atoms with Crippen LogP contribution in [-0.4, -0.2) is 22.9 Å². The highest BCUT2D eigenvalue weighted by atomic mass is 16.7. The first-order valence-corrected chi connectivity index (χ1v) is 8.72. The van der Waals surface area contributed by atoms with Crippen LogP contribution in [0.2, 0.25) is 0 Å². The summed E-state index contributed by atoms with van der Waals surface area (Å²) in [6.07, 6.45) is -0.677. The predicted octanol–water partition coefficient (Wildman–Crippen LogP) is 3.60. The Bertz CT molecular complexity index is 1100. The fraction of sp³-hybridized carbons (Fsp3) is 0.0952. The molecule has 0 aliphatic carbocycles. The zero-order valence-electron chi connectivity index (χ0n) is 14.6. The van der Waals surface area contributed by atoms with E-state index in [2.05, 4.69) is 5.32 Å². The van der Waals surface area contributed by atoms with Crippen molar-refractivity contribution in [1.82, 2.24) is 0 Å². The van der Waals surface area contributed by atoms with Gasteiger partial charge in [-0.05, 0) is 36.4 Å². The van der Waals surface area contributed by atoms with Gasteiger partial charge in [0.25, 0.3) is 5.91 Å². The number of ether oxygens (including phenoxy) is 2. The maximum atomic E-state index is 13.4. The topological polar surface area (TPSA) is 91.3 Å². The molecule has 0 aromatic heterocycles. The number of nitrogens with zero attached hydrogens (tertiary/aromatic N) is 1. The van der Waals surface area contributed by atoms with E-state index in [4.69, 9.17) is 9.47 Å². The van der Waals surface area contributed by atoms with Gasteiger partial charge in [0.1, 0.15) is 17.7 Å². The fourth-order valence-corrected chi connectivity index (χ4v) is 3.54. The molecule has 0 saturated heterocycles. The van der Waals surface area contributed by atoms with E-state index in [1.807, 2.05) is 12.1 Å². The summed E-state index contributed by atoms with van der Waals surface area (Å²) in [6, 6.07) is 16.8. The number of hydrogen-bond donors (Lipinski definition) is 3. The van der Waals surface area contributed by atoms with E-state index < -0.39 is 6.17 Å². The van der Waals surface area contributed by atoms with Gasteiger partial charge in [0.15, 0.2) is 11.5 Å². The molecule has 3 N–H and O–H groups in total. The maximum Gasteiger partial charge on any atom is 0.262 e. The van der Waals surface area contributed by atoms with Crippen LogP contribution in [0.4, 0.5) is 11.4 Å². The molecule has 0 saturated carbocycles. The summed E-state index contributed by atoms with van der Waals surface area (Å²) in [5, 5.41) is 23.4. The molecule has 7 heteroatoms. The Balaban J connectivity index is 1.67. The van der Waals surface area contributed by atoms with Crippen molar-refractivity contribution in [1.29, 1.82) is 0 Å². The third kappa shape index (κ3) is 2.48. The number of fused-ring (bicyclic) bond motifs is 2. The molecule has 0 fully saturated rings. The second kappa shape index (κ2) is 6.09. The SMILES string of the molecule is O=C1c2ccccc2N[C@@H](c2ccc(O)cc2O)N1c1ccc2c(c1)OCO2. The van der Waals surface area contributed by atoms with Gasteiger partial charge in [-0.25, -0.2) is 0 Å². The molecule has 140 valence electrons. The minimum Gasteiger partial charge on any atom is -0.508 e. The Kier molecular flexibility index (Phi) is 3.55. The highest BCUT2D eigenvalue weighted by molar-refractivity contribution is 6.12. The van der Waals surface area contributed by atoms with Crippen LogP contribution >= 0.6 is 0 Å². The number of carbonyl (C=O) groups excluding carboxylic acids is 1. The summed E-state index contributed by atoms with van der Waals surface area (Å²) in [5.74, 6) is 0.781. The number of hydrogen-bond acceptors (Lipinski definition) is 6. The van der Waals surface area contributed by atoms with Gasteiger partial charge in [0.2, 0.25) is 6.79 Å². The van der Waals surface area contributed by atoms with Crippen molar-refractivity contribution in [3.8, 4) is 23.0 Å². The third-order valence-electron chi connectivity index (χ3n) is 4.87. The van der Waals surface area contributed by atoms with Crippen LogP contribution in [0.3, 0.4) is 0 Å². The van der Waals surface area contributed by atoms with E-state index in [1.54, 1.807) is 41.3 Å². The number of para-hydroxylation sites is 1. The third-order valence-corrected chi connectivity index (χ3v) is 4.87. The molecule has 0 bridgehead atoms. The molecule has 0 unspecified atom stereocenters. The molecule has 7 nitrogen and oxygen atoms in total. The average Bonchev–Trinajstić information content (AvgIpc) is 3.16. The number of anilines is 2. The Labute approximate surface area is 160 Å². The van der Waals surface area contributed by atoms with Crippen molar-refractivity contribution in [2.45, 2.75) is 6.17 Å². The lowest BCUT2D eigenvalue weighted by molar-refractivity contribution is 0.0974. The Morgan fingerprint density at radius 1 is 0.964 bits per heavy atom. The molecule has 28 heavy (non-hydrogen) atoms. The van der Waals surface area contributed by atoms with Crippen molar-refractivity contribution in [2.24, 2.45) is 0 Å². The van der Waals surface area contributed by atoms with Crippen LogP contribution in [0, 0.1) is 0 Å². The van der Waals surface area contributed by atoms with Crippen LogP contribution in [0.1, 0.15) is 22.1 Å². The fourth-order valence-electron chi connectivity index (χ4n) is 3.54. The lowest BCUT2D eigenvalue weighted by atomic mass is 10.0. The van der Waals surface area contributed by atoms with Crippen LogP contribution in [0.25, 0.3) is 0 Å². The minimum absolute atomic E-state index is 0.0570. The Hall–Kier alpha value is -3.87. The zero-order valence-corrected chi connectivity index (χ0v) is 14.6. The second-order valence-electron chi connectivity index (χ2n) is 6.55. The van der Waals surface area contributed by atoms with Gasteiger partial charge < -0.3 is 25.0 Å². The number of rotatable bonds is 2. The summed E-state index contributed by atoms with van der Waals surface area (Å²) in [4.78, 5) is 14.9. The molecule has 2 aliphatic heterocycles. The lowest BCUT2D eigenvalue weighted by Gasteiger charge is -2.38. The molecule has 3 aromatic rings. The molecule has 1 atom stereocenters. The average molecular weight is 376 g/mol. The summed E-state index contributed by atoms with van der Waals surface area (Å²) < 4.78 is 10.8. The number of nitrogens with one attached hydrogen (secondary N) is 1. The minimum atomic E-state index is -0.677. The highest BCUT2D eigenvalue weighted by Crippen LogP contribution is 2.43. The molecule has 5 rings (SSSR count). The molecular formula is C21H16N2O5. The Morgan fingerprint density at radius 3 is 2.64 bits per heavy atom. The number of carbonyl (C=O) groups is 1. The predicted molar refractivity (Wildman–Crippen MR) is 102 cm³/mol. The normalized spacial score (nSPS) is 17.2. The monoisotopic (exact) mass is 376 g/mol. The van der Waals surface area contributed by atoms with Crippen molar-refractivity contribution < 1.29 is 24.5 Å². The van der Waals surface area contributed by atoms with Crippen molar-refractivity contribution in [3.05, 3.63) is 71.8 Å². The quantitative estimate of drug-likeness (QED) is 0.633. The van der Waals surface area contributed by atoms with Gasteiger partial charge in [-0.3, -0.25) is 9.69 Å². The standard InChI is InChI=1S/C21H16N2O5/c24-13-6-7-15(17(25)10-13)20-22-16-4-2-1-3-14(16)21(26)23(20)12-5-8-18-19(9-12)28-11-27-18/h1-10,20,22,24-25H,11H2/t20-/m1/s1. The first-order chi connectivity index (χ1) is 13.6. The summed E-state index contributed by atoms with van der Waals surface area (Å²) in [5.41, 5.74) is 2.24. The van der Waals surface area contributed by atoms with E-state index in [-0.39, 0.29) is 24.2 Å². The number of phenolic OH excluding ortho intramolecular Hbond substituents is 2. The highest BCUT2D eigenvalue weighted by Gasteiger charge is 2.36. The van der Waals surface area contributed by atoms with E-state index in [9.17, 15) is 15.0 Å². The summed E-state index contributed by atoms with van der Waals surface area (Å²) in [7, 11) is 0. The van der Waals surface area contributed by atoms with Gasteiger partial charge in [-0.2, -0.15) is 0 Å². The van der Waals surface area contributed by atoms with E-state index >= 15 is 0 Å². The molecule has 2 heterocycles. The van der Waals surface area contributed by atoms with Crippen molar-refractivity contribution in [3.63, 3.8) is 0 Å². The first kappa shape index (κ1) is 16.3. The van der Waals surface area contributed by atoms with Crippen LogP contribution in [0.5, 0.6) is 23.0 Å². The number of aromatic hydroxyl groups is 2. The molecule has 0 radical (unpaired) electrons. The molecule has 3 aromatic carbocycles. The number of amides is 1. The Morgan fingerprint density at radius 2 is 1.79 bits per heavy atom. The van der Waals surface area contributed by atoms with E-state index in [0.717, 1.165) is 0 Å². The second-order valence-corrected chi connectivity index (χ2v) is 6.55. The molecule has 0 spiro atoms. The maximum absolute atomic E-state index is 13.4. The lowest BCUT2D eigenvalue weighted by Crippen LogP contribution is -2.43. The van der Waals surface area contributed by atoms with Crippen LogP contribution in [-0.2, 0) is 0 Å². The molecule has 1 amide bonds.